The Morgan fingerprint density at radius 1 is 1.18 bits per heavy atom. The van der Waals surface area contributed by atoms with Crippen LogP contribution in [0.3, 0.4) is 0 Å². The second kappa shape index (κ2) is 10.3. The minimum atomic E-state index is -0.243. The van der Waals surface area contributed by atoms with Crippen LogP contribution in [0.2, 0.25) is 0 Å². The van der Waals surface area contributed by atoms with Crippen LogP contribution in [0.5, 0.6) is 0 Å². The molecule has 3 rings (SSSR count). The Kier molecular flexibility index (Phi) is 7.54. The maximum atomic E-state index is 12.9. The van der Waals surface area contributed by atoms with Gasteiger partial charge in [-0.1, -0.05) is 13.3 Å². The first-order valence-corrected chi connectivity index (χ1v) is 10.5. The lowest BCUT2D eigenvalue weighted by atomic mass is 10.1. The van der Waals surface area contributed by atoms with Crippen molar-refractivity contribution in [3.8, 4) is 0 Å². The summed E-state index contributed by atoms with van der Waals surface area (Å²) in [6.07, 6.45) is 6.38. The number of amides is 3. The van der Waals surface area contributed by atoms with Crippen LogP contribution in [-0.2, 0) is 4.74 Å². The molecule has 154 valence electrons. The third-order valence-corrected chi connectivity index (χ3v) is 5.28. The summed E-state index contributed by atoms with van der Waals surface area (Å²) < 4.78 is 5.60. The average Bonchev–Trinajstić information content (AvgIpc) is 3.40. The fourth-order valence-electron chi connectivity index (χ4n) is 3.69. The van der Waals surface area contributed by atoms with Crippen LogP contribution in [0, 0.1) is 0 Å². The molecule has 1 aromatic carbocycles. The quantitative estimate of drug-likeness (QED) is 0.598. The Balaban J connectivity index is 1.69. The second-order valence-corrected chi connectivity index (χ2v) is 7.51. The fraction of sp³-hybridized carbons (Fsp3) is 0.619. The van der Waals surface area contributed by atoms with Gasteiger partial charge in [-0.25, -0.2) is 4.79 Å². The minimum absolute atomic E-state index is 0.102. The van der Waals surface area contributed by atoms with Crippen molar-refractivity contribution in [3.63, 3.8) is 0 Å². The van der Waals surface area contributed by atoms with Crippen LogP contribution in [0.25, 0.3) is 0 Å². The molecule has 1 aromatic rings. The number of carbonyl (C=O) groups is 2. The number of nitrogens with one attached hydrogen (secondary N) is 3. The second-order valence-electron chi connectivity index (χ2n) is 7.51. The van der Waals surface area contributed by atoms with E-state index >= 15 is 0 Å². The summed E-state index contributed by atoms with van der Waals surface area (Å²) in [5.41, 5.74) is 2.16. The topological polar surface area (TPSA) is 82.7 Å². The lowest BCUT2D eigenvalue weighted by molar-refractivity contribution is 0.0858. The molecule has 0 radical (unpaired) electrons. The van der Waals surface area contributed by atoms with Crippen LogP contribution in [0.15, 0.2) is 18.2 Å². The van der Waals surface area contributed by atoms with E-state index in [0.717, 1.165) is 63.9 Å². The molecule has 0 saturated carbocycles. The molecule has 0 bridgehead atoms. The van der Waals surface area contributed by atoms with E-state index in [1.807, 2.05) is 12.1 Å². The normalized spacial score (nSPS) is 18.9. The molecule has 3 N–H and O–H groups in total. The summed E-state index contributed by atoms with van der Waals surface area (Å²) in [7, 11) is 0. The third kappa shape index (κ3) is 5.61. The van der Waals surface area contributed by atoms with E-state index in [9.17, 15) is 9.59 Å². The highest BCUT2D eigenvalue weighted by atomic mass is 16.5. The molecule has 2 fully saturated rings. The Morgan fingerprint density at radius 3 is 2.71 bits per heavy atom. The van der Waals surface area contributed by atoms with Crippen molar-refractivity contribution in [2.24, 2.45) is 0 Å². The molecule has 2 aliphatic rings. The van der Waals surface area contributed by atoms with Gasteiger partial charge in [0.05, 0.1) is 11.7 Å². The maximum absolute atomic E-state index is 12.9. The minimum Gasteiger partial charge on any atom is -0.376 e. The van der Waals surface area contributed by atoms with Gasteiger partial charge < -0.3 is 25.6 Å². The molecule has 7 nitrogen and oxygen atoms in total. The van der Waals surface area contributed by atoms with Crippen molar-refractivity contribution in [1.82, 2.24) is 10.6 Å². The number of rotatable bonds is 8. The van der Waals surface area contributed by atoms with Crippen molar-refractivity contribution >= 4 is 23.3 Å². The van der Waals surface area contributed by atoms with E-state index in [-0.39, 0.29) is 18.0 Å². The molecule has 28 heavy (non-hydrogen) atoms. The lowest BCUT2D eigenvalue weighted by Gasteiger charge is -2.22. The SMILES string of the molecule is CCCCNC(=O)Nc1ccc(N2CCCC2)c(C(=O)NCC2CCCO2)c1. The zero-order chi connectivity index (χ0) is 19.8. The van der Waals surface area contributed by atoms with Crippen molar-refractivity contribution < 1.29 is 14.3 Å². The number of ether oxygens (including phenoxy) is 1. The van der Waals surface area contributed by atoms with E-state index < -0.39 is 0 Å². The molecular formula is C21H32N4O3. The number of hydrogen-bond donors (Lipinski definition) is 3. The first-order valence-electron chi connectivity index (χ1n) is 10.5. The lowest BCUT2D eigenvalue weighted by Crippen LogP contribution is -2.33. The van der Waals surface area contributed by atoms with Crippen molar-refractivity contribution in [3.05, 3.63) is 23.8 Å². The maximum Gasteiger partial charge on any atom is 0.319 e. The van der Waals surface area contributed by atoms with Gasteiger partial charge in [-0.15, -0.1) is 0 Å². The predicted octanol–water partition coefficient (Wildman–Crippen LogP) is 3.12. The number of benzene rings is 1. The third-order valence-electron chi connectivity index (χ3n) is 5.28. The summed E-state index contributed by atoms with van der Waals surface area (Å²) in [4.78, 5) is 27.2. The average molecular weight is 389 g/mol. The Bertz CT molecular complexity index is 668. The van der Waals surface area contributed by atoms with E-state index in [1.54, 1.807) is 6.07 Å². The zero-order valence-electron chi connectivity index (χ0n) is 16.8. The molecule has 2 heterocycles. The molecule has 0 spiro atoms. The molecule has 1 unspecified atom stereocenters. The molecule has 3 amide bonds. The number of urea groups is 1. The molecule has 0 aliphatic carbocycles. The fourth-order valence-corrected chi connectivity index (χ4v) is 3.69. The zero-order valence-corrected chi connectivity index (χ0v) is 16.8. The highest BCUT2D eigenvalue weighted by Gasteiger charge is 2.22. The van der Waals surface area contributed by atoms with Crippen molar-refractivity contribution in [1.29, 1.82) is 0 Å². The predicted molar refractivity (Wildman–Crippen MR) is 111 cm³/mol. The van der Waals surface area contributed by atoms with Gasteiger partial charge in [0.2, 0.25) is 0 Å². The highest BCUT2D eigenvalue weighted by molar-refractivity contribution is 6.02. The van der Waals surface area contributed by atoms with E-state index in [2.05, 4.69) is 27.8 Å². The highest BCUT2D eigenvalue weighted by Crippen LogP contribution is 2.27. The number of hydrogen-bond acceptors (Lipinski definition) is 4. The van der Waals surface area contributed by atoms with Gasteiger partial charge in [0, 0.05) is 44.2 Å². The van der Waals surface area contributed by atoms with E-state index in [4.69, 9.17) is 4.74 Å². The van der Waals surface area contributed by atoms with Crippen LogP contribution < -0.4 is 20.9 Å². The van der Waals surface area contributed by atoms with Crippen LogP contribution in [0.1, 0.15) is 55.8 Å². The van der Waals surface area contributed by atoms with Gasteiger partial charge in [-0.3, -0.25) is 4.79 Å². The smallest absolute Gasteiger partial charge is 0.319 e. The first kappa shape index (κ1) is 20.5. The summed E-state index contributed by atoms with van der Waals surface area (Å²) in [6, 6.07) is 5.34. The van der Waals surface area contributed by atoms with Crippen LogP contribution in [-0.4, -0.2) is 50.8 Å². The van der Waals surface area contributed by atoms with Crippen molar-refractivity contribution in [2.45, 2.75) is 51.6 Å². The summed E-state index contributed by atoms with van der Waals surface area (Å²) in [5, 5.41) is 8.68. The number of unbranched alkanes of at least 4 members (excludes halogenated alkanes) is 1. The Morgan fingerprint density at radius 2 is 2.00 bits per heavy atom. The van der Waals surface area contributed by atoms with Gasteiger partial charge in [-0.05, 0) is 50.3 Å². The van der Waals surface area contributed by atoms with Crippen molar-refractivity contribution in [2.75, 3.05) is 43.0 Å². The molecule has 2 aliphatic heterocycles. The first-order chi connectivity index (χ1) is 13.7. The van der Waals surface area contributed by atoms with Gasteiger partial charge in [0.15, 0.2) is 0 Å². The van der Waals surface area contributed by atoms with E-state index in [0.29, 0.717) is 24.3 Å². The molecule has 1 atom stereocenters. The standard InChI is InChI=1S/C21H32N4O3/c1-2-3-10-22-21(27)24-16-8-9-19(25-11-4-5-12-25)18(14-16)20(26)23-15-17-7-6-13-28-17/h8-9,14,17H,2-7,10-13,15H2,1H3,(H,23,26)(H2,22,24,27). The number of anilines is 2. The molecule has 7 heteroatoms. The summed E-state index contributed by atoms with van der Waals surface area (Å²) >= 11 is 0. The number of carbonyl (C=O) groups excluding carboxylic acids is 2. The van der Waals surface area contributed by atoms with Gasteiger partial charge in [-0.2, -0.15) is 0 Å². The van der Waals surface area contributed by atoms with E-state index in [1.165, 1.54) is 0 Å². The largest absolute Gasteiger partial charge is 0.376 e. The van der Waals surface area contributed by atoms with Gasteiger partial charge in [0.1, 0.15) is 0 Å². The Labute approximate surface area is 167 Å². The summed E-state index contributed by atoms with van der Waals surface area (Å²) in [6.45, 7) is 5.92. The Hall–Kier alpha value is -2.28. The molecule has 0 aromatic heterocycles. The van der Waals surface area contributed by atoms with Crippen LogP contribution in [0.4, 0.5) is 16.2 Å². The monoisotopic (exact) mass is 388 g/mol. The molecule has 2 saturated heterocycles. The number of nitrogens with zero attached hydrogens (tertiary/aromatic N) is 1. The molecular weight excluding hydrogens is 356 g/mol. The van der Waals surface area contributed by atoms with Gasteiger partial charge in [0.25, 0.3) is 5.91 Å². The summed E-state index contributed by atoms with van der Waals surface area (Å²) in [5.74, 6) is -0.118. The van der Waals surface area contributed by atoms with Gasteiger partial charge >= 0.3 is 6.03 Å². The van der Waals surface area contributed by atoms with Crippen LogP contribution >= 0.6 is 0 Å².